The second kappa shape index (κ2) is 8.55. The average Bonchev–Trinajstić information content (AvgIpc) is 3.39. The van der Waals surface area contributed by atoms with Crippen LogP contribution in [-0.2, 0) is 9.59 Å². The highest BCUT2D eigenvalue weighted by Crippen LogP contribution is 2.26. The summed E-state index contributed by atoms with van der Waals surface area (Å²) in [6.45, 7) is 0.929. The van der Waals surface area contributed by atoms with Crippen molar-refractivity contribution < 1.29 is 23.2 Å². The molecule has 4 N–H and O–H groups in total. The molecule has 1 saturated carbocycles. The highest BCUT2D eigenvalue weighted by molar-refractivity contribution is 5.90. The van der Waals surface area contributed by atoms with E-state index in [-0.39, 0.29) is 35.6 Å². The first-order chi connectivity index (χ1) is 14.4. The summed E-state index contributed by atoms with van der Waals surface area (Å²) in [5.41, 5.74) is -0.123. The normalized spacial score (nSPS) is 25.9. The predicted molar refractivity (Wildman–Crippen MR) is 105 cm³/mol. The minimum atomic E-state index is -0.863. The minimum absolute atomic E-state index is 0.0158. The number of halogens is 2. The summed E-state index contributed by atoms with van der Waals surface area (Å²) in [6.07, 6.45) is 3.51. The van der Waals surface area contributed by atoms with Crippen molar-refractivity contribution >= 4 is 23.5 Å². The Balaban J connectivity index is 1.31. The number of nitrogens with zero attached hydrogens (tertiary/aromatic N) is 1. The summed E-state index contributed by atoms with van der Waals surface area (Å²) in [5.74, 6) is -1.66. The highest BCUT2D eigenvalue weighted by atomic mass is 19.1. The standard InChI is InChI=1S/C20H25F2N5O3/c21-11-1-5-16(15(22)7-11)26-20(30)25-13-8-17-19(29)23-9-14(27(17)10-13)4-6-18(28)24-12-2-3-12/h1,5,7,12-14,17H,2-4,6,8-10H2,(H,23,29)(H,24,28)(H2,25,26,30)/t13-,14-,17+/m1/s1. The van der Waals surface area contributed by atoms with E-state index in [2.05, 4.69) is 21.3 Å². The number of carbonyl (C=O) groups excluding carboxylic acids is 3. The van der Waals surface area contributed by atoms with Gasteiger partial charge in [0.25, 0.3) is 0 Å². The maximum Gasteiger partial charge on any atom is 0.319 e. The van der Waals surface area contributed by atoms with Gasteiger partial charge in [-0.3, -0.25) is 14.5 Å². The number of nitrogens with one attached hydrogen (secondary N) is 4. The van der Waals surface area contributed by atoms with Crippen LogP contribution in [0.4, 0.5) is 19.3 Å². The zero-order valence-electron chi connectivity index (χ0n) is 16.4. The molecule has 0 radical (unpaired) electrons. The molecule has 1 aromatic rings. The SMILES string of the molecule is O=C(CC[C@@H]1CNC(=O)[C@@H]2C[C@@H](NC(=O)Nc3ccc(F)cc3F)CN12)NC1CC1. The lowest BCUT2D eigenvalue weighted by Gasteiger charge is -2.37. The summed E-state index contributed by atoms with van der Waals surface area (Å²) < 4.78 is 26.7. The van der Waals surface area contributed by atoms with Crippen LogP contribution in [0.1, 0.15) is 32.1 Å². The quantitative estimate of drug-likeness (QED) is 0.552. The lowest BCUT2D eigenvalue weighted by Crippen LogP contribution is -2.58. The van der Waals surface area contributed by atoms with Crippen molar-refractivity contribution in [2.75, 3.05) is 18.4 Å². The van der Waals surface area contributed by atoms with E-state index in [1.165, 1.54) is 0 Å². The number of fused-ring (bicyclic) bond motifs is 1. The van der Waals surface area contributed by atoms with E-state index in [1.807, 2.05) is 4.90 Å². The molecule has 3 aliphatic rings. The van der Waals surface area contributed by atoms with E-state index in [4.69, 9.17) is 0 Å². The minimum Gasteiger partial charge on any atom is -0.353 e. The molecule has 4 amide bonds. The fraction of sp³-hybridized carbons (Fsp3) is 0.550. The summed E-state index contributed by atoms with van der Waals surface area (Å²) in [4.78, 5) is 38.5. The van der Waals surface area contributed by atoms with Crippen molar-refractivity contribution in [1.82, 2.24) is 20.9 Å². The van der Waals surface area contributed by atoms with Crippen LogP contribution in [0, 0.1) is 11.6 Å². The lowest BCUT2D eigenvalue weighted by atomic mass is 10.0. The van der Waals surface area contributed by atoms with Crippen molar-refractivity contribution in [1.29, 1.82) is 0 Å². The maximum atomic E-state index is 13.7. The Bertz CT molecular complexity index is 848. The average molecular weight is 421 g/mol. The molecule has 8 nitrogen and oxygen atoms in total. The fourth-order valence-corrected chi connectivity index (χ4v) is 4.11. The Labute approximate surface area is 172 Å². The monoisotopic (exact) mass is 421 g/mol. The van der Waals surface area contributed by atoms with Crippen molar-refractivity contribution in [3.05, 3.63) is 29.8 Å². The van der Waals surface area contributed by atoms with E-state index < -0.39 is 17.7 Å². The van der Waals surface area contributed by atoms with Crippen LogP contribution in [0.25, 0.3) is 0 Å². The second-order valence-electron chi connectivity index (χ2n) is 8.15. The topological polar surface area (TPSA) is 103 Å². The molecule has 4 rings (SSSR count). The van der Waals surface area contributed by atoms with Gasteiger partial charge in [0.05, 0.1) is 11.7 Å². The number of hydrogen-bond acceptors (Lipinski definition) is 4. The molecule has 0 bridgehead atoms. The molecule has 0 aromatic heterocycles. The largest absolute Gasteiger partial charge is 0.353 e. The van der Waals surface area contributed by atoms with Crippen LogP contribution in [0.3, 0.4) is 0 Å². The smallest absolute Gasteiger partial charge is 0.319 e. The number of carbonyl (C=O) groups is 3. The highest BCUT2D eigenvalue weighted by Gasteiger charge is 2.43. The van der Waals surface area contributed by atoms with Gasteiger partial charge in [-0.1, -0.05) is 0 Å². The number of rotatable bonds is 6. The number of hydrogen-bond donors (Lipinski definition) is 4. The van der Waals surface area contributed by atoms with Gasteiger partial charge in [-0.25, -0.2) is 13.6 Å². The number of urea groups is 1. The first kappa shape index (κ1) is 20.5. The maximum absolute atomic E-state index is 13.7. The number of anilines is 1. The first-order valence-corrected chi connectivity index (χ1v) is 10.2. The molecule has 2 aliphatic heterocycles. The Kier molecular flexibility index (Phi) is 5.85. The Hall–Kier alpha value is -2.75. The van der Waals surface area contributed by atoms with Crippen LogP contribution in [0.5, 0.6) is 0 Å². The molecule has 2 saturated heterocycles. The number of piperazine rings is 1. The Morgan fingerprint density at radius 2 is 1.97 bits per heavy atom. The van der Waals surface area contributed by atoms with Gasteiger partial charge in [0.2, 0.25) is 11.8 Å². The first-order valence-electron chi connectivity index (χ1n) is 10.2. The Morgan fingerprint density at radius 3 is 2.70 bits per heavy atom. The third-order valence-electron chi connectivity index (χ3n) is 5.78. The van der Waals surface area contributed by atoms with Crippen LogP contribution in [0.15, 0.2) is 18.2 Å². The summed E-state index contributed by atoms with van der Waals surface area (Å²) in [7, 11) is 0. The zero-order valence-corrected chi connectivity index (χ0v) is 16.4. The molecule has 1 aliphatic carbocycles. The Morgan fingerprint density at radius 1 is 1.17 bits per heavy atom. The van der Waals surface area contributed by atoms with E-state index in [0.29, 0.717) is 44.5 Å². The van der Waals surface area contributed by atoms with E-state index in [0.717, 1.165) is 25.0 Å². The van der Waals surface area contributed by atoms with E-state index >= 15 is 0 Å². The predicted octanol–water partition coefficient (Wildman–Crippen LogP) is 1.09. The van der Waals surface area contributed by atoms with Crippen molar-refractivity contribution in [3.63, 3.8) is 0 Å². The molecule has 10 heteroatoms. The van der Waals surface area contributed by atoms with Gasteiger partial charge >= 0.3 is 6.03 Å². The lowest BCUT2D eigenvalue weighted by molar-refractivity contribution is -0.129. The second-order valence-corrected chi connectivity index (χ2v) is 8.15. The van der Waals surface area contributed by atoms with Crippen LogP contribution < -0.4 is 21.3 Å². The molecule has 3 fully saturated rings. The molecule has 1 aromatic carbocycles. The van der Waals surface area contributed by atoms with E-state index in [9.17, 15) is 23.2 Å². The van der Waals surface area contributed by atoms with Crippen LogP contribution in [0.2, 0.25) is 0 Å². The van der Waals surface area contributed by atoms with Crippen LogP contribution >= 0.6 is 0 Å². The molecule has 162 valence electrons. The van der Waals surface area contributed by atoms with Gasteiger partial charge in [0, 0.05) is 43.7 Å². The molecule has 3 atom stereocenters. The van der Waals surface area contributed by atoms with Gasteiger partial charge in [-0.2, -0.15) is 0 Å². The summed E-state index contributed by atoms with van der Waals surface area (Å²) in [5, 5.41) is 11.0. The van der Waals surface area contributed by atoms with Gasteiger partial charge in [-0.05, 0) is 37.8 Å². The molecule has 0 unspecified atom stereocenters. The molecular weight excluding hydrogens is 396 g/mol. The number of benzene rings is 1. The third-order valence-corrected chi connectivity index (χ3v) is 5.78. The van der Waals surface area contributed by atoms with E-state index in [1.54, 1.807) is 0 Å². The van der Waals surface area contributed by atoms with Crippen molar-refractivity contribution in [2.45, 2.75) is 56.3 Å². The fourth-order valence-electron chi connectivity index (χ4n) is 4.11. The van der Waals surface area contributed by atoms with Gasteiger partial charge < -0.3 is 21.3 Å². The van der Waals surface area contributed by atoms with Crippen molar-refractivity contribution in [2.24, 2.45) is 0 Å². The molecule has 2 heterocycles. The zero-order chi connectivity index (χ0) is 21.3. The summed E-state index contributed by atoms with van der Waals surface area (Å²) >= 11 is 0. The van der Waals surface area contributed by atoms with Gasteiger partial charge in [-0.15, -0.1) is 0 Å². The number of amides is 4. The van der Waals surface area contributed by atoms with Gasteiger partial charge in [0.15, 0.2) is 0 Å². The van der Waals surface area contributed by atoms with Crippen LogP contribution in [-0.4, -0.2) is 60.0 Å². The molecule has 30 heavy (non-hydrogen) atoms. The molecule has 0 spiro atoms. The van der Waals surface area contributed by atoms with Crippen molar-refractivity contribution in [3.8, 4) is 0 Å². The molecular formula is C20H25F2N5O3. The third kappa shape index (κ3) is 4.86. The van der Waals surface area contributed by atoms with Gasteiger partial charge in [0.1, 0.15) is 11.6 Å². The summed E-state index contributed by atoms with van der Waals surface area (Å²) in [6, 6.07) is 1.95.